The number of anilines is 1. The predicted octanol–water partition coefficient (Wildman–Crippen LogP) is 7.92. The number of amides is 1. The summed E-state index contributed by atoms with van der Waals surface area (Å²) in [5, 5.41) is 0.940. The summed E-state index contributed by atoms with van der Waals surface area (Å²) < 4.78 is 20.6. The van der Waals surface area contributed by atoms with E-state index in [4.69, 9.17) is 10.2 Å². The number of carbonyl (C=O) groups is 2. The molecule has 1 amide bonds. The van der Waals surface area contributed by atoms with E-state index >= 15 is 0 Å². The Morgan fingerprint density at radius 2 is 1.70 bits per heavy atom. The standard InChI is InChI=1S/C37H34FN3O3/c1-37(38)17-19-41(20-18-37)36(43)28-11-9-26(10-12-28)29-21-30-22-32(44-35(30)33(23-29)27-5-3-2-4-6-27)15-14-31(42)13-7-25-8-16-34(39)40-24-25/h2-13,16,21-24H,14-15,17-20H2,1H3,(H2,39,40)/b13-7+. The summed E-state index contributed by atoms with van der Waals surface area (Å²) >= 11 is 0. The molecule has 0 aliphatic carbocycles. The summed E-state index contributed by atoms with van der Waals surface area (Å²) in [7, 11) is 0. The third-order valence-electron chi connectivity index (χ3n) is 8.20. The van der Waals surface area contributed by atoms with Crippen LogP contribution in [0.1, 0.15) is 47.9 Å². The second-order valence-electron chi connectivity index (χ2n) is 11.6. The van der Waals surface area contributed by atoms with Gasteiger partial charge in [-0.05, 0) is 96.6 Å². The lowest BCUT2D eigenvalue weighted by Crippen LogP contribution is -2.43. The number of pyridine rings is 1. The molecule has 0 spiro atoms. The zero-order chi connectivity index (χ0) is 30.7. The fourth-order valence-corrected chi connectivity index (χ4v) is 5.53. The number of aryl methyl sites for hydroxylation is 1. The summed E-state index contributed by atoms with van der Waals surface area (Å²) in [4.78, 5) is 31.4. The monoisotopic (exact) mass is 587 g/mol. The van der Waals surface area contributed by atoms with Crippen LogP contribution in [0.25, 0.3) is 39.3 Å². The van der Waals surface area contributed by atoms with E-state index in [1.54, 1.807) is 36.2 Å². The highest BCUT2D eigenvalue weighted by Gasteiger charge is 2.31. The minimum Gasteiger partial charge on any atom is -0.460 e. The van der Waals surface area contributed by atoms with Crippen molar-refractivity contribution in [3.8, 4) is 22.3 Å². The van der Waals surface area contributed by atoms with Gasteiger partial charge in [-0.2, -0.15) is 0 Å². The maximum Gasteiger partial charge on any atom is 0.253 e. The first-order valence-electron chi connectivity index (χ1n) is 14.9. The Morgan fingerprint density at radius 1 is 0.955 bits per heavy atom. The molecular formula is C37H34FN3O3. The van der Waals surface area contributed by atoms with Crippen LogP contribution in [0.2, 0.25) is 0 Å². The molecular weight excluding hydrogens is 553 g/mol. The molecule has 1 aliphatic rings. The highest BCUT2D eigenvalue weighted by Crippen LogP contribution is 2.36. The fraction of sp³-hybridized carbons (Fsp3) is 0.216. The number of halogens is 1. The summed E-state index contributed by atoms with van der Waals surface area (Å²) in [5.41, 5.74) is 10.5. The van der Waals surface area contributed by atoms with E-state index in [2.05, 4.69) is 17.1 Å². The number of nitrogen functional groups attached to an aromatic ring is 1. The van der Waals surface area contributed by atoms with Crippen LogP contribution in [0.3, 0.4) is 0 Å². The van der Waals surface area contributed by atoms with Gasteiger partial charge in [0, 0.05) is 48.6 Å². The number of allylic oxidation sites excluding steroid dienone is 1. The number of piperidine rings is 1. The summed E-state index contributed by atoms with van der Waals surface area (Å²) in [6.07, 6.45) is 6.41. The van der Waals surface area contributed by atoms with Gasteiger partial charge in [0.05, 0.1) is 0 Å². The van der Waals surface area contributed by atoms with E-state index in [1.807, 2.05) is 66.7 Å². The Bertz CT molecular complexity index is 1810. The van der Waals surface area contributed by atoms with Gasteiger partial charge in [0.25, 0.3) is 5.91 Å². The van der Waals surface area contributed by atoms with Crippen LogP contribution in [-0.2, 0) is 11.2 Å². The van der Waals surface area contributed by atoms with Crippen LogP contribution >= 0.6 is 0 Å². The van der Waals surface area contributed by atoms with Crippen molar-refractivity contribution in [1.29, 1.82) is 0 Å². The van der Waals surface area contributed by atoms with Gasteiger partial charge < -0.3 is 15.1 Å². The number of aromatic nitrogens is 1. The number of fused-ring (bicyclic) bond motifs is 1. The van der Waals surface area contributed by atoms with Crippen molar-refractivity contribution in [3.05, 3.63) is 114 Å². The molecule has 6 rings (SSSR count). The van der Waals surface area contributed by atoms with Gasteiger partial charge in [-0.15, -0.1) is 0 Å². The first-order valence-corrected chi connectivity index (χ1v) is 14.9. The first kappa shape index (κ1) is 29.1. The first-order chi connectivity index (χ1) is 21.2. The molecule has 1 fully saturated rings. The summed E-state index contributed by atoms with van der Waals surface area (Å²) in [6.45, 7) is 2.46. The quantitative estimate of drug-likeness (QED) is 0.186. The molecule has 44 heavy (non-hydrogen) atoms. The maximum atomic E-state index is 14.2. The summed E-state index contributed by atoms with van der Waals surface area (Å²) in [6, 6.07) is 27.3. The molecule has 1 saturated heterocycles. The molecule has 0 atom stereocenters. The lowest BCUT2D eigenvalue weighted by atomic mass is 9.94. The van der Waals surface area contributed by atoms with E-state index < -0.39 is 5.67 Å². The van der Waals surface area contributed by atoms with Crippen LogP contribution in [0.4, 0.5) is 10.2 Å². The average molecular weight is 588 g/mol. The van der Waals surface area contributed by atoms with Gasteiger partial charge in [-0.1, -0.05) is 42.5 Å². The predicted molar refractivity (Wildman–Crippen MR) is 173 cm³/mol. The van der Waals surface area contributed by atoms with Crippen molar-refractivity contribution in [2.75, 3.05) is 18.8 Å². The normalized spacial score (nSPS) is 14.7. The molecule has 6 nitrogen and oxygen atoms in total. The fourth-order valence-electron chi connectivity index (χ4n) is 5.53. The van der Waals surface area contributed by atoms with E-state index in [1.165, 1.54) is 0 Å². The van der Waals surface area contributed by atoms with E-state index in [0.717, 1.165) is 44.5 Å². The number of nitrogens with two attached hydrogens (primary N) is 1. The van der Waals surface area contributed by atoms with E-state index in [-0.39, 0.29) is 11.7 Å². The lowest BCUT2D eigenvalue weighted by Gasteiger charge is -2.34. The third-order valence-corrected chi connectivity index (χ3v) is 8.20. The van der Waals surface area contributed by atoms with E-state index in [0.29, 0.717) is 50.2 Å². The van der Waals surface area contributed by atoms with Crippen molar-refractivity contribution in [3.63, 3.8) is 0 Å². The van der Waals surface area contributed by atoms with Gasteiger partial charge in [-0.3, -0.25) is 9.59 Å². The topological polar surface area (TPSA) is 89.4 Å². The number of likely N-dealkylation sites (tertiary alicyclic amines) is 1. The smallest absolute Gasteiger partial charge is 0.253 e. The van der Waals surface area contributed by atoms with Gasteiger partial charge in [0.2, 0.25) is 0 Å². The third kappa shape index (κ3) is 6.62. The van der Waals surface area contributed by atoms with Crippen LogP contribution in [-0.4, -0.2) is 40.3 Å². The molecule has 0 radical (unpaired) electrons. The number of hydrogen-bond acceptors (Lipinski definition) is 5. The Labute approximate surface area is 256 Å². The minimum atomic E-state index is -1.20. The summed E-state index contributed by atoms with van der Waals surface area (Å²) in [5.74, 6) is 1.09. The molecule has 7 heteroatoms. The molecule has 0 saturated carbocycles. The highest BCUT2D eigenvalue weighted by molar-refractivity contribution is 5.98. The van der Waals surface area contributed by atoms with E-state index in [9.17, 15) is 14.0 Å². The largest absolute Gasteiger partial charge is 0.460 e. The zero-order valence-electron chi connectivity index (χ0n) is 24.6. The molecule has 2 N–H and O–H groups in total. The highest BCUT2D eigenvalue weighted by atomic mass is 19.1. The van der Waals surface area contributed by atoms with Crippen molar-refractivity contribution in [1.82, 2.24) is 9.88 Å². The Kier molecular flexibility index (Phi) is 8.11. The second kappa shape index (κ2) is 12.3. The van der Waals surface area contributed by atoms with Crippen LogP contribution in [0, 0.1) is 0 Å². The molecule has 0 unspecified atom stereocenters. The average Bonchev–Trinajstić information content (AvgIpc) is 3.46. The molecule has 1 aliphatic heterocycles. The Morgan fingerprint density at radius 3 is 2.41 bits per heavy atom. The number of carbonyl (C=O) groups excluding carboxylic acids is 2. The number of rotatable bonds is 8. The maximum absolute atomic E-state index is 14.2. The molecule has 0 bridgehead atoms. The second-order valence-corrected chi connectivity index (χ2v) is 11.6. The van der Waals surface area contributed by atoms with Gasteiger partial charge in [0.15, 0.2) is 5.78 Å². The SMILES string of the molecule is CC1(F)CCN(C(=O)c2ccc(-c3cc(-c4ccccc4)c4oc(CCC(=O)/C=C/c5ccc(N)nc5)cc4c3)cc2)CC1. The number of hydrogen-bond donors (Lipinski definition) is 1. The van der Waals surface area contributed by atoms with Crippen molar-refractivity contribution >= 4 is 34.6 Å². The van der Waals surface area contributed by atoms with Crippen molar-refractivity contribution in [2.45, 2.75) is 38.3 Å². The van der Waals surface area contributed by atoms with Crippen LogP contribution < -0.4 is 5.73 Å². The van der Waals surface area contributed by atoms with Gasteiger partial charge in [0.1, 0.15) is 22.8 Å². The van der Waals surface area contributed by atoms with Crippen LogP contribution in [0.15, 0.2) is 102 Å². The van der Waals surface area contributed by atoms with Crippen molar-refractivity contribution in [2.24, 2.45) is 0 Å². The number of benzene rings is 3. The van der Waals surface area contributed by atoms with Crippen LogP contribution in [0.5, 0.6) is 0 Å². The number of furan rings is 1. The lowest BCUT2D eigenvalue weighted by molar-refractivity contribution is -0.114. The Hall–Kier alpha value is -5.04. The van der Waals surface area contributed by atoms with Gasteiger partial charge >= 0.3 is 0 Å². The number of nitrogens with zero attached hydrogens (tertiary/aromatic N) is 2. The molecule has 3 aromatic carbocycles. The zero-order valence-corrected chi connectivity index (χ0v) is 24.6. The molecule has 5 aromatic rings. The molecule has 2 aromatic heterocycles. The van der Waals surface area contributed by atoms with Gasteiger partial charge in [-0.25, -0.2) is 9.37 Å². The number of ketones is 1. The number of alkyl halides is 1. The molecule has 222 valence electrons. The Balaban J connectivity index is 1.23. The molecule has 3 heterocycles. The van der Waals surface area contributed by atoms with Crippen molar-refractivity contribution < 1.29 is 18.4 Å². The minimum absolute atomic E-state index is 0.0100.